The van der Waals surface area contributed by atoms with Crippen molar-refractivity contribution in [2.24, 2.45) is 0 Å². The molecule has 0 spiro atoms. The molecule has 1 unspecified atom stereocenters. The topological polar surface area (TPSA) is 24.9 Å². The monoisotopic (exact) mass is 290 g/mol. The van der Waals surface area contributed by atoms with E-state index in [1.54, 1.807) is 0 Å². The van der Waals surface area contributed by atoms with Crippen LogP contribution in [0.15, 0.2) is 11.4 Å². The molecule has 1 fully saturated rings. The van der Waals surface area contributed by atoms with Crippen molar-refractivity contribution in [2.45, 2.75) is 51.1 Å². The summed E-state index contributed by atoms with van der Waals surface area (Å²) in [5.41, 5.74) is 2.77. The van der Waals surface area contributed by atoms with Crippen molar-refractivity contribution in [3.8, 4) is 0 Å². The third-order valence-electron chi connectivity index (χ3n) is 4.00. The van der Waals surface area contributed by atoms with E-state index in [0.29, 0.717) is 12.1 Å². The van der Waals surface area contributed by atoms with Gasteiger partial charge in [0.25, 0.3) is 0 Å². The summed E-state index contributed by atoms with van der Waals surface area (Å²) < 4.78 is 0. The normalized spacial score (nSPS) is 19.6. The fourth-order valence-corrected chi connectivity index (χ4v) is 5.05. The summed E-state index contributed by atoms with van der Waals surface area (Å²) in [5.74, 6) is 0. The summed E-state index contributed by atoms with van der Waals surface area (Å²) >= 11 is 3.81. The fourth-order valence-electron chi connectivity index (χ4n) is 2.76. The first-order chi connectivity index (χ1) is 9.31. The van der Waals surface area contributed by atoms with Gasteiger partial charge in [0.2, 0.25) is 0 Å². The SMILES string of the molecule is Cc1ccsc1C(NC1CC1)c1nc2c(s1)CCC2. The van der Waals surface area contributed by atoms with Crippen LogP contribution in [0, 0.1) is 6.92 Å². The molecule has 1 atom stereocenters. The summed E-state index contributed by atoms with van der Waals surface area (Å²) in [7, 11) is 0. The van der Waals surface area contributed by atoms with E-state index in [-0.39, 0.29) is 0 Å². The first-order valence-corrected chi connectivity index (χ1v) is 8.79. The van der Waals surface area contributed by atoms with Crippen molar-refractivity contribution in [3.05, 3.63) is 37.5 Å². The predicted molar refractivity (Wildman–Crippen MR) is 81.2 cm³/mol. The molecule has 0 amide bonds. The van der Waals surface area contributed by atoms with E-state index in [2.05, 4.69) is 23.7 Å². The number of fused-ring (bicyclic) bond motifs is 1. The highest BCUT2D eigenvalue weighted by Gasteiger charge is 2.30. The molecule has 0 aromatic carbocycles. The van der Waals surface area contributed by atoms with Gasteiger partial charge in [0.1, 0.15) is 5.01 Å². The average Bonchev–Trinajstić information content (AvgIpc) is 2.79. The van der Waals surface area contributed by atoms with Crippen molar-refractivity contribution in [2.75, 3.05) is 0 Å². The Hall–Kier alpha value is -0.710. The summed E-state index contributed by atoms with van der Waals surface area (Å²) in [4.78, 5) is 7.92. The Morgan fingerprint density at radius 3 is 2.95 bits per heavy atom. The van der Waals surface area contributed by atoms with Gasteiger partial charge in [-0.1, -0.05) is 0 Å². The molecule has 100 valence electrons. The van der Waals surface area contributed by atoms with E-state index in [1.807, 2.05) is 22.7 Å². The summed E-state index contributed by atoms with van der Waals surface area (Å²) in [6.07, 6.45) is 6.38. The smallest absolute Gasteiger partial charge is 0.116 e. The molecule has 4 heteroatoms. The molecule has 2 aromatic rings. The number of hydrogen-bond acceptors (Lipinski definition) is 4. The van der Waals surface area contributed by atoms with Gasteiger partial charge in [0.05, 0.1) is 11.7 Å². The standard InChI is InChI=1S/C15H18N2S2/c1-9-7-8-18-14(9)13(16-10-5-6-10)15-17-11-3-2-4-12(11)19-15/h7-8,10,13,16H,2-6H2,1H3. The molecule has 2 heterocycles. The maximum Gasteiger partial charge on any atom is 0.116 e. The van der Waals surface area contributed by atoms with Crippen LogP contribution in [0.1, 0.15) is 51.3 Å². The zero-order valence-electron chi connectivity index (χ0n) is 11.1. The molecule has 0 aliphatic heterocycles. The first kappa shape index (κ1) is 12.1. The number of aromatic nitrogens is 1. The Bertz CT molecular complexity index is 574. The highest BCUT2D eigenvalue weighted by molar-refractivity contribution is 7.12. The molecule has 2 aliphatic rings. The Morgan fingerprint density at radius 1 is 1.37 bits per heavy atom. The summed E-state index contributed by atoms with van der Waals surface area (Å²) in [5, 5.41) is 7.29. The Morgan fingerprint density at radius 2 is 2.26 bits per heavy atom. The van der Waals surface area contributed by atoms with Crippen molar-refractivity contribution in [3.63, 3.8) is 0 Å². The highest BCUT2D eigenvalue weighted by atomic mass is 32.1. The van der Waals surface area contributed by atoms with Gasteiger partial charge in [-0.05, 0) is 56.0 Å². The summed E-state index contributed by atoms with van der Waals surface area (Å²) in [6, 6.07) is 3.27. The fraction of sp³-hybridized carbons (Fsp3) is 0.533. The molecule has 2 aliphatic carbocycles. The number of thiazole rings is 1. The maximum absolute atomic E-state index is 4.93. The highest BCUT2D eigenvalue weighted by Crippen LogP contribution is 2.37. The van der Waals surface area contributed by atoms with Gasteiger partial charge in [-0.2, -0.15) is 0 Å². The van der Waals surface area contributed by atoms with Crippen LogP contribution in [-0.2, 0) is 12.8 Å². The van der Waals surface area contributed by atoms with Crippen molar-refractivity contribution < 1.29 is 0 Å². The molecule has 1 N–H and O–H groups in total. The van der Waals surface area contributed by atoms with Gasteiger partial charge < -0.3 is 5.32 Å². The van der Waals surface area contributed by atoms with E-state index in [0.717, 1.165) is 0 Å². The number of nitrogens with zero attached hydrogens (tertiary/aromatic N) is 1. The number of nitrogens with one attached hydrogen (secondary N) is 1. The van der Waals surface area contributed by atoms with Crippen LogP contribution in [0.3, 0.4) is 0 Å². The van der Waals surface area contributed by atoms with E-state index < -0.39 is 0 Å². The number of thiophene rings is 1. The molecule has 0 bridgehead atoms. The largest absolute Gasteiger partial charge is 0.301 e. The zero-order valence-corrected chi connectivity index (χ0v) is 12.7. The van der Waals surface area contributed by atoms with Crippen LogP contribution in [0.2, 0.25) is 0 Å². The lowest BCUT2D eigenvalue weighted by Gasteiger charge is -2.16. The Kier molecular flexibility index (Phi) is 2.98. The van der Waals surface area contributed by atoms with Gasteiger partial charge in [-0.15, -0.1) is 22.7 Å². The van der Waals surface area contributed by atoms with Crippen molar-refractivity contribution in [1.82, 2.24) is 10.3 Å². The minimum absolute atomic E-state index is 0.336. The average molecular weight is 290 g/mol. The Balaban J connectivity index is 1.70. The molecule has 2 aromatic heterocycles. The van der Waals surface area contributed by atoms with Gasteiger partial charge in [-0.3, -0.25) is 0 Å². The van der Waals surface area contributed by atoms with Crippen molar-refractivity contribution in [1.29, 1.82) is 0 Å². The molecule has 0 radical (unpaired) electrons. The third kappa shape index (κ3) is 2.26. The maximum atomic E-state index is 4.93. The molecule has 2 nitrogen and oxygen atoms in total. The molecule has 19 heavy (non-hydrogen) atoms. The minimum atomic E-state index is 0.336. The molecular formula is C15H18N2S2. The molecule has 4 rings (SSSR count). The Labute approximate surface area is 121 Å². The zero-order chi connectivity index (χ0) is 12.8. The van der Waals surface area contributed by atoms with E-state index in [1.165, 1.54) is 58.1 Å². The minimum Gasteiger partial charge on any atom is -0.301 e. The van der Waals surface area contributed by atoms with Gasteiger partial charge >= 0.3 is 0 Å². The second kappa shape index (κ2) is 4.69. The van der Waals surface area contributed by atoms with Crippen LogP contribution >= 0.6 is 22.7 Å². The van der Waals surface area contributed by atoms with Crippen LogP contribution in [0.25, 0.3) is 0 Å². The number of rotatable bonds is 4. The predicted octanol–water partition coefficient (Wildman–Crippen LogP) is 3.84. The van der Waals surface area contributed by atoms with Crippen molar-refractivity contribution >= 4 is 22.7 Å². The molecule has 0 saturated heterocycles. The van der Waals surface area contributed by atoms with E-state index in [4.69, 9.17) is 4.98 Å². The lowest BCUT2D eigenvalue weighted by molar-refractivity contribution is 0.602. The van der Waals surface area contributed by atoms with Gasteiger partial charge in [0, 0.05) is 15.8 Å². The summed E-state index contributed by atoms with van der Waals surface area (Å²) in [6.45, 7) is 2.22. The molecule has 1 saturated carbocycles. The van der Waals surface area contributed by atoms with Gasteiger partial charge in [-0.25, -0.2) is 4.98 Å². The first-order valence-electron chi connectivity index (χ1n) is 7.10. The second-order valence-electron chi connectivity index (χ2n) is 5.62. The van der Waals surface area contributed by atoms with Crippen LogP contribution < -0.4 is 5.32 Å². The number of hydrogen-bond donors (Lipinski definition) is 1. The lowest BCUT2D eigenvalue weighted by Crippen LogP contribution is -2.24. The second-order valence-corrected chi connectivity index (χ2v) is 7.68. The lowest BCUT2D eigenvalue weighted by atomic mass is 10.1. The van der Waals surface area contributed by atoms with Crippen LogP contribution in [-0.4, -0.2) is 11.0 Å². The van der Waals surface area contributed by atoms with Crippen LogP contribution in [0.4, 0.5) is 0 Å². The number of aryl methyl sites for hydroxylation is 3. The molecular weight excluding hydrogens is 272 g/mol. The third-order valence-corrected chi connectivity index (χ3v) is 6.31. The van der Waals surface area contributed by atoms with Crippen LogP contribution in [0.5, 0.6) is 0 Å². The quantitative estimate of drug-likeness (QED) is 0.925. The van der Waals surface area contributed by atoms with Gasteiger partial charge in [0.15, 0.2) is 0 Å². The van der Waals surface area contributed by atoms with E-state index in [9.17, 15) is 0 Å². The van der Waals surface area contributed by atoms with E-state index >= 15 is 0 Å².